The lowest BCUT2D eigenvalue weighted by atomic mass is 9.87. The minimum Gasteiger partial charge on any atom is -0.465 e. The number of furan rings is 1. The van der Waals surface area contributed by atoms with Crippen LogP contribution >= 0.6 is 34.5 Å². The number of esters is 1. The van der Waals surface area contributed by atoms with E-state index in [2.05, 4.69) is 6.07 Å². The van der Waals surface area contributed by atoms with Crippen LogP contribution in [0.25, 0.3) is 10.1 Å². The number of hydrogen-bond donors (Lipinski definition) is 1. The number of fused-ring (bicyclic) bond motifs is 2. The highest BCUT2D eigenvalue weighted by molar-refractivity contribution is 7.21. The van der Waals surface area contributed by atoms with Crippen LogP contribution in [0.1, 0.15) is 32.7 Å². The summed E-state index contributed by atoms with van der Waals surface area (Å²) in [6, 6.07) is 15.8. The molecule has 1 atom stereocenters. The Morgan fingerprint density at radius 1 is 1.18 bits per heavy atom. The quantitative estimate of drug-likeness (QED) is 0.255. The van der Waals surface area contributed by atoms with Crippen molar-refractivity contribution in [3.63, 3.8) is 0 Å². The fraction of sp³-hybridized carbons (Fsp3) is 0.0833. The Morgan fingerprint density at radius 3 is 2.73 bits per heavy atom. The van der Waals surface area contributed by atoms with Crippen LogP contribution in [0.15, 0.2) is 64.4 Å². The Balaban J connectivity index is 1.49. The van der Waals surface area contributed by atoms with Crippen molar-refractivity contribution in [1.29, 1.82) is 5.26 Å². The molecule has 0 bridgehead atoms. The zero-order valence-corrected chi connectivity index (χ0v) is 19.3. The maximum absolute atomic E-state index is 12.8. The summed E-state index contributed by atoms with van der Waals surface area (Å²) < 4.78 is 17.8. The topological polar surface area (TPSA) is 98.5 Å². The number of nitrogens with zero attached hydrogens (tertiary/aromatic N) is 1. The predicted octanol–water partition coefficient (Wildman–Crippen LogP) is 6.55. The number of allylic oxidation sites excluding steroid dienone is 1. The van der Waals surface area contributed by atoms with Crippen LogP contribution in [-0.2, 0) is 0 Å². The summed E-state index contributed by atoms with van der Waals surface area (Å²) in [7, 11) is 0. The molecule has 9 heteroatoms. The van der Waals surface area contributed by atoms with Crippen LogP contribution in [0.4, 0.5) is 0 Å². The highest BCUT2D eigenvalue weighted by Crippen LogP contribution is 2.44. The number of carbonyl (C=O) groups is 1. The fourth-order valence-electron chi connectivity index (χ4n) is 3.72. The number of hydrogen-bond acceptors (Lipinski definition) is 7. The second kappa shape index (κ2) is 8.16. The maximum Gasteiger partial charge on any atom is 0.355 e. The van der Waals surface area contributed by atoms with Gasteiger partial charge in [-0.1, -0.05) is 35.3 Å². The molecule has 2 aromatic heterocycles. The number of thiophene rings is 1. The van der Waals surface area contributed by atoms with E-state index in [4.69, 9.17) is 42.8 Å². The molecule has 4 aromatic rings. The molecule has 0 spiro atoms. The molecule has 0 aliphatic carbocycles. The first-order valence-electron chi connectivity index (χ1n) is 9.73. The summed E-state index contributed by atoms with van der Waals surface area (Å²) >= 11 is 13.6. The predicted molar refractivity (Wildman–Crippen MR) is 126 cm³/mol. The van der Waals surface area contributed by atoms with Gasteiger partial charge in [0.2, 0.25) is 5.88 Å². The zero-order valence-electron chi connectivity index (χ0n) is 17.0. The average Bonchev–Trinajstić information content (AvgIpc) is 3.35. The van der Waals surface area contributed by atoms with E-state index in [1.165, 1.54) is 11.3 Å². The minimum atomic E-state index is -0.604. The highest BCUT2D eigenvalue weighted by Gasteiger charge is 2.33. The summed E-state index contributed by atoms with van der Waals surface area (Å²) in [5.74, 6) is 0.722. The second-order valence-corrected chi connectivity index (χ2v) is 9.21. The number of nitrogens with two attached hydrogens (primary N) is 1. The van der Waals surface area contributed by atoms with Gasteiger partial charge >= 0.3 is 5.97 Å². The molecule has 3 heterocycles. The van der Waals surface area contributed by atoms with E-state index in [-0.39, 0.29) is 22.1 Å². The molecule has 2 N–H and O–H groups in total. The van der Waals surface area contributed by atoms with Crippen molar-refractivity contribution < 1.29 is 18.7 Å². The normalized spacial score (nSPS) is 15.2. The summed E-state index contributed by atoms with van der Waals surface area (Å²) in [4.78, 5) is 13.1. The molecular weight excluding hydrogens is 483 g/mol. The summed E-state index contributed by atoms with van der Waals surface area (Å²) in [6.07, 6.45) is 0. The highest BCUT2D eigenvalue weighted by atomic mass is 35.5. The molecule has 0 fully saturated rings. The van der Waals surface area contributed by atoms with Gasteiger partial charge < -0.3 is 19.6 Å². The summed E-state index contributed by atoms with van der Waals surface area (Å²) in [5, 5.41) is 11.2. The third-order valence-corrected chi connectivity index (χ3v) is 7.10. The molecule has 0 amide bonds. The summed E-state index contributed by atoms with van der Waals surface area (Å²) in [5.41, 5.74) is 6.93. The van der Waals surface area contributed by atoms with Crippen molar-refractivity contribution in [1.82, 2.24) is 0 Å². The number of rotatable bonds is 3. The first-order valence-corrected chi connectivity index (χ1v) is 11.3. The molecule has 0 saturated carbocycles. The van der Waals surface area contributed by atoms with Crippen LogP contribution in [0, 0.1) is 18.3 Å². The van der Waals surface area contributed by atoms with E-state index in [9.17, 15) is 10.1 Å². The lowest BCUT2D eigenvalue weighted by Crippen LogP contribution is -2.21. The number of nitriles is 1. The van der Waals surface area contributed by atoms with Gasteiger partial charge in [-0.2, -0.15) is 5.26 Å². The SMILES string of the molecule is Cc1ccc(C2C(C#N)=C(N)Oc3cc(OC(=O)c4sc5cc(Cl)ccc5c4Cl)ccc32)o1. The molecule has 6 nitrogen and oxygen atoms in total. The van der Waals surface area contributed by atoms with Crippen LogP contribution in [0.3, 0.4) is 0 Å². The third-order valence-electron chi connectivity index (χ3n) is 5.22. The maximum atomic E-state index is 12.8. The second-order valence-electron chi connectivity index (χ2n) is 7.35. The van der Waals surface area contributed by atoms with E-state index in [1.54, 1.807) is 42.5 Å². The van der Waals surface area contributed by atoms with Crippen LogP contribution in [0.5, 0.6) is 11.5 Å². The van der Waals surface area contributed by atoms with Gasteiger partial charge in [-0.3, -0.25) is 0 Å². The number of aryl methyl sites for hydroxylation is 1. The molecule has 1 aliphatic rings. The zero-order chi connectivity index (χ0) is 23.3. The van der Waals surface area contributed by atoms with Gasteiger partial charge in [0, 0.05) is 26.7 Å². The standard InChI is InChI=1S/C24H14Cl2N2O4S/c1-11-2-7-17(30-11)20-14-6-4-13(9-18(14)32-23(28)16(20)10-27)31-24(29)22-21(26)15-5-3-12(25)8-19(15)33-22/h2-9,20H,28H2,1H3. The Kier molecular flexibility index (Phi) is 5.29. The molecule has 1 aliphatic heterocycles. The lowest BCUT2D eigenvalue weighted by Gasteiger charge is -2.25. The van der Waals surface area contributed by atoms with Gasteiger partial charge in [0.25, 0.3) is 0 Å². The van der Waals surface area contributed by atoms with E-state index < -0.39 is 11.9 Å². The molecular formula is C24H14Cl2N2O4S. The monoisotopic (exact) mass is 496 g/mol. The third kappa shape index (κ3) is 3.72. The van der Waals surface area contributed by atoms with Crippen molar-refractivity contribution in [3.05, 3.63) is 92.0 Å². The number of halogens is 2. The largest absolute Gasteiger partial charge is 0.465 e. The Hall–Kier alpha value is -3.44. The number of benzene rings is 2. The molecule has 0 saturated heterocycles. The molecule has 5 rings (SSSR count). The molecule has 33 heavy (non-hydrogen) atoms. The summed E-state index contributed by atoms with van der Waals surface area (Å²) in [6.45, 7) is 1.82. The lowest BCUT2D eigenvalue weighted by molar-refractivity contribution is 0.0740. The van der Waals surface area contributed by atoms with Crippen LogP contribution in [-0.4, -0.2) is 5.97 Å². The fourth-order valence-corrected chi connectivity index (χ4v) is 5.38. The number of carbonyl (C=O) groups excluding carboxylic acids is 1. The van der Waals surface area contributed by atoms with E-state index >= 15 is 0 Å². The molecule has 1 unspecified atom stereocenters. The van der Waals surface area contributed by atoms with E-state index in [0.29, 0.717) is 32.9 Å². The Morgan fingerprint density at radius 2 is 2.00 bits per heavy atom. The van der Waals surface area contributed by atoms with Crippen LogP contribution in [0.2, 0.25) is 10.0 Å². The van der Waals surface area contributed by atoms with Crippen LogP contribution < -0.4 is 15.2 Å². The van der Waals surface area contributed by atoms with Crippen molar-refractivity contribution in [2.75, 3.05) is 0 Å². The van der Waals surface area contributed by atoms with Gasteiger partial charge in [-0.25, -0.2) is 4.79 Å². The molecule has 0 radical (unpaired) electrons. The van der Waals surface area contributed by atoms with Crippen molar-refractivity contribution in [2.24, 2.45) is 5.73 Å². The minimum absolute atomic E-state index is 0.0306. The average molecular weight is 497 g/mol. The molecule has 2 aromatic carbocycles. The van der Waals surface area contributed by atoms with E-state index in [0.717, 1.165) is 10.1 Å². The van der Waals surface area contributed by atoms with Gasteiger partial charge in [-0.15, -0.1) is 11.3 Å². The van der Waals surface area contributed by atoms with Gasteiger partial charge in [-0.05, 0) is 37.3 Å². The Bertz CT molecular complexity index is 1510. The Labute approximate surface area is 202 Å². The van der Waals surface area contributed by atoms with Crippen molar-refractivity contribution in [2.45, 2.75) is 12.8 Å². The van der Waals surface area contributed by atoms with Gasteiger partial charge in [0.1, 0.15) is 39.5 Å². The first-order chi connectivity index (χ1) is 15.9. The van der Waals surface area contributed by atoms with Crippen molar-refractivity contribution in [3.8, 4) is 17.6 Å². The number of ether oxygens (including phenoxy) is 2. The van der Waals surface area contributed by atoms with E-state index in [1.807, 2.05) is 13.0 Å². The molecule has 164 valence electrons. The smallest absolute Gasteiger partial charge is 0.355 e. The van der Waals surface area contributed by atoms with Gasteiger partial charge in [0.05, 0.1) is 10.9 Å². The van der Waals surface area contributed by atoms with Crippen molar-refractivity contribution >= 4 is 50.6 Å². The first kappa shape index (κ1) is 21.4. The van der Waals surface area contributed by atoms with Gasteiger partial charge in [0.15, 0.2) is 0 Å².